The second kappa shape index (κ2) is 6.66. The fraction of sp³-hybridized carbons (Fsp3) is 0.333. The monoisotopic (exact) mass is 270 g/mol. The molecule has 0 aliphatic heterocycles. The van der Waals surface area contributed by atoms with E-state index < -0.39 is 12.6 Å². The third kappa shape index (κ3) is 3.63. The quantitative estimate of drug-likeness (QED) is 0.824. The van der Waals surface area contributed by atoms with Gasteiger partial charge < -0.3 is 15.2 Å². The van der Waals surface area contributed by atoms with Crippen LogP contribution in [0.2, 0.25) is 0 Å². The van der Waals surface area contributed by atoms with Crippen molar-refractivity contribution in [2.24, 2.45) is 5.73 Å². The molecule has 0 radical (unpaired) electrons. The number of hydrogen-bond acceptors (Lipinski definition) is 5. The van der Waals surface area contributed by atoms with Crippen LogP contribution in [-0.4, -0.2) is 19.2 Å². The molecule has 19 heavy (non-hydrogen) atoms. The number of halogens is 2. The summed E-state index contributed by atoms with van der Waals surface area (Å²) in [6.07, 6.45) is 0. The van der Waals surface area contributed by atoms with Gasteiger partial charge in [0.25, 0.3) is 0 Å². The molecule has 2 N–H and O–H groups in total. The van der Waals surface area contributed by atoms with Gasteiger partial charge in [0.15, 0.2) is 0 Å². The number of carbonyl (C=O) groups is 1. The van der Waals surface area contributed by atoms with Crippen molar-refractivity contribution in [3.05, 3.63) is 28.8 Å². The number of nitriles is 1. The first-order valence-electron chi connectivity index (χ1n) is 5.42. The number of nitrogens with two attached hydrogens (primary N) is 1. The van der Waals surface area contributed by atoms with Crippen LogP contribution in [0, 0.1) is 11.3 Å². The Morgan fingerprint density at radius 1 is 1.53 bits per heavy atom. The molecule has 0 aliphatic rings. The smallest absolute Gasteiger partial charge is 0.387 e. The molecule has 102 valence electrons. The highest BCUT2D eigenvalue weighted by Gasteiger charge is 2.18. The van der Waals surface area contributed by atoms with Gasteiger partial charge in [-0.25, -0.2) is 4.79 Å². The summed E-state index contributed by atoms with van der Waals surface area (Å²) in [7, 11) is 0. The van der Waals surface area contributed by atoms with Crippen molar-refractivity contribution < 1.29 is 23.0 Å². The van der Waals surface area contributed by atoms with Crippen molar-refractivity contribution in [3.63, 3.8) is 0 Å². The van der Waals surface area contributed by atoms with E-state index in [0.717, 1.165) is 6.07 Å². The summed E-state index contributed by atoms with van der Waals surface area (Å²) in [4.78, 5) is 11.5. The third-order valence-corrected chi connectivity index (χ3v) is 2.26. The minimum atomic E-state index is -3.07. The minimum absolute atomic E-state index is 0.00343. The fourth-order valence-electron chi connectivity index (χ4n) is 1.49. The Morgan fingerprint density at radius 3 is 2.68 bits per heavy atom. The van der Waals surface area contributed by atoms with Crippen molar-refractivity contribution in [1.82, 2.24) is 0 Å². The lowest BCUT2D eigenvalue weighted by atomic mass is 10.0. The van der Waals surface area contributed by atoms with Gasteiger partial charge in [0.05, 0.1) is 23.8 Å². The first-order chi connectivity index (χ1) is 9.03. The molecule has 0 fully saturated rings. The summed E-state index contributed by atoms with van der Waals surface area (Å²) in [6.45, 7) is -1.50. The highest BCUT2D eigenvalue weighted by molar-refractivity contribution is 5.90. The Balaban J connectivity index is 3.30. The zero-order valence-electron chi connectivity index (χ0n) is 10.2. The molecule has 0 heterocycles. The minimum Gasteiger partial charge on any atom is -0.462 e. The number of hydrogen-bond donors (Lipinski definition) is 1. The van der Waals surface area contributed by atoms with Crippen LogP contribution in [0.4, 0.5) is 8.78 Å². The molecule has 0 unspecified atom stereocenters. The molecule has 0 atom stereocenters. The van der Waals surface area contributed by atoms with Crippen LogP contribution in [-0.2, 0) is 11.3 Å². The summed E-state index contributed by atoms with van der Waals surface area (Å²) in [6, 6.07) is 4.11. The Bertz CT molecular complexity index is 512. The highest BCUT2D eigenvalue weighted by Crippen LogP contribution is 2.26. The molecule has 0 amide bonds. The second-order valence-corrected chi connectivity index (χ2v) is 3.42. The predicted molar refractivity (Wildman–Crippen MR) is 61.6 cm³/mol. The Morgan fingerprint density at radius 2 is 2.21 bits per heavy atom. The van der Waals surface area contributed by atoms with Crippen molar-refractivity contribution in [2.45, 2.75) is 20.1 Å². The summed E-state index contributed by atoms with van der Waals surface area (Å²) in [5, 5.41) is 8.94. The van der Waals surface area contributed by atoms with Crippen LogP contribution in [0.3, 0.4) is 0 Å². The molecule has 5 nitrogen and oxygen atoms in total. The van der Waals surface area contributed by atoms with Crippen molar-refractivity contribution in [2.75, 3.05) is 6.61 Å². The Labute approximate surface area is 108 Å². The van der Waals surface area contributed by atoms with E-state index in [1.807, 2.05) is 0 Å². The molecule has 1 aromatic rings. The van der Waals surface area contributed by atoms with E-state index in [-0.39, 0.29) is 35.6 Å². The third-order valence-electron chi connectivity index (χ3n) is 2.26. The molecule has 1 aromatic carbocycles. The van der Waals surface area contributed by atoms with Gasteiger partial charge in [0.1, 0.15) is 5.75 Å². The Hall–Kier alpha value is -2.20. The van der Waals surface area contributed by atoms with Crippen LogP contribution in [0.5, 0.6) is 5.75 Å². The topological polar surface area (TPSA) is 85.3 Å². The summed E-state index contributed by atoms with van der Waals surface area (Å²) in [5.74, 6) is -1.01. The van der Waals surface area contributed by atoms with E-state index in [2.05, 4.69) is 4.74 Å². The van der Waals surface area contributed by atoms with E-state index in [9.17, 15) is 13.6 Å². The number of alkyl halides is 2. The summed E-state index contributed by atoms with van der Waals surface area (Å²) >= 11 is 0. The normalized spacial score (nSPS) is 10.1. The first-order valence-corrected chi connectivity index (χ1v) is 5.42. The van der Waals surface area contributed by atoms with Gasteiger partial charge in [-0.15, -0.1) is 0 Å². The van der Waals surface area contributed by atoms with Crippen LogP contribution < -0.4 is 10.5 Å². The molecular formula is C12H12F2N2O3. The van der Waals surface area contributed by atoms with Gasteiger partial charge in [0, 0.05) is 12.1 Å². The maximum Gasteiger partial charge on any atom is 0.387 e. The zero-order valence-corrected chi connectivity index (χ0v) is 10.2. The van der Waals surface area contributed by atoms with E-state index in [1.54, 1.807) is 13.0 Å². The largest absolute Gasteiger partial charge is 0.462 e. The zero-order chi connectivity index (χ0) is 14.4. The van der Waals surface area contributed by atoms with E-state index in [1.165, 1.54) is 6.07 Å². The van der Waals surface area contributed by atoms with E-state index >= 15 is 0 Å². The van der Waals surface area contributed by atoms with E-state index in [0.29, 0.717) is 0 Å². The number of nitrogens with zero attached hydrogens (tertiary/aromatic N) is 1. The van der Waals surface area contributed by atoms with Gasteiger partial charge in [0.2, 0.25) is 0 Å². The summed E-state index contributed by atoms with van der Waals surface area (Å²) < 4.78 is 33.6. The number of rotatable bonds is 5. The SMILES string of the molecule is CCOC(=O)c1cc(C#N)c(CN)c(OC(F)F)c1. The van der Waals surface area contributed by atoms with Crippen molar-refractivity contribution >= 4 is 5.97 Å². The molecule has 0 aliphatic carbocycles. The number of esters is 1. The van der Waals surface area contributed by atoms with Crippen molar-refractivity contribution in [3.8, 4) is 11.8 Å². The fourth-order valence-corrected chi connectivity index (χ4v) is 1.49. The number of ether oxygens (including phenoxy) is 2. The van der Waals surface area contributed by atoms with Gasteiger partial charge >= 0.3 is 12.6 Å². The predicted octanol–water partition coefficient (Wildman–Crippen LogP) is 1.80. The maximum absolute atomic E-state index is 12.3. The molecule has 0 spiro atoms. The first kappa shape index (κ1) is 14.9. The average Bonchev–Trinajstić information content (AvgIpc) is 2.37. The second-order valence-electron chi connectivity index (χ2n) is 3.42. The van der Waals surface area contributed by atoms with Gasteiger partial charge in [-0.3, -0.25) is 0 Å². The molecular weight excluding hydrogens is 258 g/mol. The lowest BCUT2D eigenvalue weighted by Crippen LogP contribution is -2.12. The van der Waals surface area contributed by atoms with Crippen LogP contribution in [0.25, 0.3) is 0 Å². The average molecular weight is 270 g/mol. The summed E-state index contributed by atoms with van der Waals surface area (Å²) in [5.41, 5.74) is 5.48. The Kier molecular flexibility index (Phi) is 5.21. The van der Waals surface area contributed by atoms with Crippen LogP contribution >= 0.6 is 0 Å². The molecule has 0 aromatic heterocycles. The van der Waals surface area contributed by atoms with Gasteiger partial charge in [-0.1, -0.05) is 0 Å². The van der Waals surface area contributed by atoms with Gasteiger partial charge in [-0.05, 0) is 19.1 Å². The molecule has 0 saturated carbocycles. The number of benzene rings is 1. The standard InChI is InChI=1S/C12H12F2N2O3/c1-2-18-11(17)7-3-8(5-15)9(6-16)10(4-7)19-12(13)14/h3-4,12H,2,6,16H2,1H3. The maximum atomic E-state index is 12.3. The molecule has 0 bridgehead atoms. The van der Waals surface area contributed by atoms with Gasteiger partial charge in [-0.2, -0.15) is 14.0 Å². The van der Waals surface area contributed by atoms with E-state index in [4.69, 9.17) is 15.7 Å². The lowest BCUT2D eigenvalue weighted by Gasteiger charge is -2.12. The van der Waals surface area contributed by atoms with Crippen LogP contribution in [0.15, 0.2) is 12.1 Å². The van der Waals surface area contributed by atoms with Crippen LogP contribution in [0.1, 0.15) is 28.4 Å². The number of carbonyl (C=O) groups excluding carboxylic acids is 1. The van der Waals surface area contributed by atoms with Crippen molar-refractivity contribution in [1.29, 1.82) is 5.26 Å². The lowest BCUT2D eigenvalue weighted by molar-refractivity contribution is -0.0505. The highest BCUT2D eigenvalue weighted by atomic mass is 19.3. The molecule has 0 saturated heterocycles. The molecule has 7 heteroatoms. The molecule has 1 rings (SSSR count).